The molecule has 3 aliphatic rings. The van der Waals surface area contributed by atoms with Gasteiger partial charge in [0.25, 0.3) is 0 Å². The van der Waals surface area contributed by atoms with Gasteiger partial charge in [0.2, 0.25) is 11.8 Å². The van der Waals surface area contributed by atoms with Gasteiger partial charge in [-0.1, -0.05) is 44.2 Å². The number of hydrogen-bond donors (Lipinski definition) is 2. The molecule has 3 heterocycles. The van der Waals surface area contributed by atoms with E-state index in [-0.39, 0.29) is 62.1 Å². The van der Waals surface area contributed by atoms with E-state index in [4.69, 9.17) is 0 Å². The average molecular weight is 530 g/mol. The number of hydrogen-bond acceptors (Lipinski definition) is 5. The van der Waals surface area contributed by atoms with Crippen molar-refractivity contribution in [1.82, 2.24) is 25.0 Å². The molecule has 1 aromatic heterocycles. The first-order valence-electron chi connectivity index (χ1n) is 14.3. The molecule has 38 heavy (non-hydrogen) atoms. The Bertz CT molecular complexity index is 1070. The molecule has 2 aromatic rings. The number of alkyl halides is 2. The van der Waals surface area contributed by atoms with Gasteiger partial charge in [-0.25, -0.2) is 8.78 Å². The van der Waals surface area contributed by atoms with Gasteiger partial charge in [0.1, 0.15) is 12.4 Å². The highest BCUT2D eigenvalue weighted by molar-refractivity contribution is 5.79. The maximum absolute atomic E-state index is 13.6. The second-order valence-electron chi connectivity index (χ2n) is 11.8. The van der Waals surface area contributed by atoms with E-state index in [2.05, 4.69) is 38.8 Å². The van der Waals surface area contributed by atoms with Gasteiger partial charge < -0.3 is 15.0 Å². The van der Waals surface area contributed by atoms with Crippen LogP contribution in [0.25, 0.3) is 0 Å². The van der Waals surface area contributed by atoms with E-state index < -0.39 is 5.92 Å². The molecule has 1 aliphatic carbocycles. The number of benzene rings is 1. The molecule has 2 saturated heterocycles. The highest BCUT2D eigenvalue weighted by atomic mass is 19.3. The lowest BCUT2D eigenvalue weighted by molar-refractivity contribution is -0.130. The maximum Gasteiger partial charge on any atom is 0.248 e. The molecule has 0 radical (unpaired) electrons. The summed E-state index contributed by atoms with van der Waals surface area (Å²) in [5.74, 6) is -1.24. The van der Waals surface area contributed by atoms with Crippen LogP contribution in [0.2, 0.25) is 0 Å². The van der Waals surface area contributed by atoms with E-state index in [1.54, 1.807) is 0 Å². The van der Waals surface area contributed by atoms with Crippen molar-refractivity contribution in [3.8, 4) is 0 Å². The van der Waals surface area contributed by atoms with E-state index in [0.717, 1.165) is 50.0 Å². The van der Waals surface area contributed by atoms with Gasteiger partial charge in [0.15, 0.2) is 5.82 Å². The topological polar surface area (TPSA) is 83.3 Å². The van der Waals surface area contributed by atoms with Gasteiger partial charge in [-0.3, -0.25) is 9.69 Å². The van der Waals surface area contributed by atoms with Crippen LogP contribution < -0.4 is 5.32 Å². The van der Waals surface area contributed by atoms with Gasteiger partial charge in [-0.2, -0.15) is 0 Å². The molecule has 5 rings (SSSR count). The Morgan fingerprint density at radius 3 is 2.32 bits per heavy atom. The summed E-state index contributed by atoms with van der Waals surface area (Å²) in [6, 6.07) is 11.0. The normalized spacial score (nSPS) is 26.5. The molecule has 2 aliphatic heterocycles. The van der Waals surface area contributed by atoms with Crippen LogP contribution in [0.5, 0.6) is 0 Å². The lowest BCUT2D eigenvalue weighted by atomic mass is 9.86. The number of fused-ring (bicyclic) bond motifs is 2. The minimum atomic E-state index is -2.64. The second-order valence-corrected chi connectivity index (χ2v) is 11.8. The molecule has 2 N–H and O–H groups in total. The molecule has 2 bridgehead atoms. The fraction of sp³-hybridized carbons (Fsp3) is 0.690. The Kier molecular flexibility index (Phi) is 8.14. The summed E-state index contributed by atoms with van der Waals surface area (Å²) in [6.45, 7) is 4.99. The quantitative estimate of drug-likeness (QED) is 0.470. The van der Waals surface area contributed by atoms with Gasteiger partial charge in [-0.05, 0) is 50.5 Å². The summed E-state index contributed by atoms with van der Waals surface area (Å²) < 4.78 is 29.5. The van der Waals surface area contributed by atoms with Crippen LogP contribution in [0.4, 0.5) is 8.78 Å². The maximum atomic E-state index is 13.6. The van der Waals surface area contributed by atoms with Crippen molar-refractivity contribution >= 4 is 5.91 Å². The number of aromatic nitrogens is 3. The molecule has 9 heteroatoms. The van der Waals surface area contributed by atoms with Gasteiger partial charge in [-0.15, -0.1) is 10.2 Å². The van der Waals surface area contributed by atoms with E-state index in [1.165, 1.54) is 0 Å². The molecular formula is C29H41F2N5O2. The molecule has 1 amide bonds. The Morgan fingerprint density at radius 2 is 1.71 bits per heavy atom. The molecule has 2 unspecified atom stereocenters. The molecular weight excluding hydrogens is 488 g/mol. The third-order valence-electron chi connectivity index (χ3n) is 8.96. The number of halogens is 2. The van der Waals surface area contributed by atoms with E-state index in [9.17, 15) is 18.7 Å². The second kappa shape index (κ2) is 11.4. The van der Waals surface area contributed by atoms with E-state index in [0.29, 0.717) is 17.9 Å². The zero-order valence-corrected chi connectivity index (χ0v) is 22.5. The molecule has 3 atom stereocenters. The van der Waals surface area contributed by atoms with Crippen molar-refractivity contribution in [3.63, 3.8) is 0 Å². The third-order valence-corrected chi connectivity index (χ3v) is 8.96. The number of aliphatic hydroxyl groups excluding tert-OH is 1. The predicted octanol–water partition coefficient (Wildman–Crippen LogP) is 5.13. The summed E-state index contributed by atoms with van der Waals surface area (Å²) >= 11 is 0. The Morgan fingerprint density at radius 1 is 1.05 bits per heavy atom. The SMILES string of the molecule is CC(C)c1nnc(CO)n1C1CC2CCC(C1)N2CC[C@@H](NC(=O)C1CCC(F)(F)CC1)c1ccccc1. The van der Waals surface area contributed by atoms with Crippen molar-refractivity contribution < 1.29 is 18.7 Å². The van der Waals surface area contributed by atoms with Crippen molar-refractivity contribution in [2.24, 2.45) is 5.92 Å². The highest BCUT2D eigenvalue weighted by Gasteiger charge is 2.43. The van der Waals surface area contributed by atoms with E-state index in [1.807, 2.05) is 30.3 Å². The molecule has 7 nitrogen and oxygen atoms in total. The van der Waals surface area contributed by atoms with Crippen LogP contribution in [-0.4, -0.2) is 55.2 Å². The number of nitrogens with zero attached hydrogens (tertiary/aromatic N) is 4. The van der Waals surface area contributed by atoms with Crippen LogP contribution in [0.3, 0.4) is 0 Å². The molecule has 3 fully saturated rings. The highest BCUT2D eigenvalue weighted by Crippen LogP contribution is 2.43. The standard InChI is InChI=1S/C29H41F2N5O2/c1-19(2)27-34-33-26(18-37)36(27)24-16-22-8-9-23(17-24)35(22)15-12-25(20-6-4-3-5-7-20)32-28(38)21-10-13-29(30,31)14-11-21/h3-7,19,21-25,37H,8-18H2,1-2H3,(H,32,38)/t22?,23?,24?,25-/m1/s1. The van der Waals surface area contributed by atoms with Gasteiger partial charge in [0.05, 0.1) is 6.04 Å². The first-order chi connectivity index (χ1) is 18.3. The number of aliphatic hydroxyl groups is 1. The van der Waals surface area contributed by atoms with Gasteiger partial charge >= 0.3 is 0 Å². The lowest BCUT2D eigenvalue weighted by Gasteiger charge is -2.41. The number of amides is 1. The summed E-state index contributed by atoms with van der Waals surface area (Å²) in [5.41, 5.74) is 1.06. The lowest BCUT2D eigenvalue weighted by Crippen LogP contribution is -2.45. The summed E-state index contributed by atoms with van der Waals surface area (Å²) in [5, 5.41) is 21.7. The first-order valence-corrected chi connectivity index (χ1v) is 14.3. The monoisotopic (exact) mass is 529 g/mol. The molecule has 208 valence electrons. The zero-order chi connectivity index (χ0) is 26.9. The Balaban J connectivity index is 1.25. The fourth-order valence-corrected chi connectivity index (χ4v) is 6.94. The molecule has 0 spiro atoms. The Labute approximate surface area is 224 Å². The van der Waals surface area contributed by atoms with Crippen LogP contribution >= 0.6 is 0 Å². The number of carbonyl (C=O) groups excluding carboxylic acids is 1. The van der Waals surface area contributed by atoms with Crippen molar-refractivity contribution in [2.75, 3.05) is 6.54 Å². The predicted molar refractivity (Wildman–Crippen MR) is 141 cm³/mol. The fourth-order valence-electron chi connectivity index (χ4n) is 6.94. The van der Waals surface area contributed by atoms with Crippen molar-refractivity contribution in [2.45, 2.75) is 114 Å². The smallest absolute Gasteiger partial charge is 0.248 e. The van der Waals surface area contributed by atoms with E-state index >= 15 is 0 Å². The summed E-state index contributed by atoms with van der Waals surface area (Å²) in [7, 11) is 0. The van der Waals surface area contributed by atoms with Crippen LogP contribution in [0.15, 0.2) is 30.3 Å². The molecule has 1 aromatic carbocycles. The minimum absolute atomic E-state index is 0.0959. The third kappa shape index (κ3) is 5.78. The zero-order valence-electron chi connectivity index (χ0n) is 22.5. The summed E-state index contributed by atoms with van der Waals surface area (Å²) in [6.07, 6.45) is 5.15. The number of nitrogens with one attached hydrogen (secondary N) is 1. The van der Waals surface area contributed by atoms with Crippen molar-refractivity contribution in [3.05, 3.63) is 47.5 Å². The Hall–Kier alpha value is -2.39. The number of carbonyl (C=O) groups is 1. The average Bonchev–Trinajstić information content (AvgIpc) is 3.44. The van der Waals surface area contributed by atoms with Crippen molar-refractivity contribution in [1.29, 1.82) is 0 Å². The number of rotatable bonds is 9. The van der Waals surface area contributed by atoms with Crippen LogP contribution in [-0.2, 0) is 11.4 Å². The number of piperidine rings is 1. The van der Waals surface area contributed by atoms with Crippen LogP contribution in [0, 0.1) is 5.92 Å². The van der Waals surface area contributed by atoms with Crippen LogP contribution in [0.1, 0.15) is 107 Å². The summed E-state index contributed by atoms with van der Waals surface area (Å²) in [4.78, 5) is 15.7. The minimum Gasteiger partial charge on any atom is -0.388 e. The van der Waals surface area contributed by atoms with Gasteiger partial charge in [0, 0.05) is 49.3 Å². The molecule has 1 saturated carbocycles. The first kappa shape index (κ1) is 27.2. The largest absolute Gasteiger partial charge is 0.388 e.